The van der Waals surface area contributed by atoms with E-state index in [1.807, 2.05) is 6.92 Å². The number of halogens is 3. The molecule has 4 nitrogen and oxygen atoms in total. The van der Waals surface area contributed by atoms with Gasteiger partial charge in [0, 0.05) is 16.8 Å². The lowest BCUT2D eigenvalue weighted by Gasteiger charge is -2.13. The molecule has 7 heteroatoms. The second-order valence-corrected chi connectivity index (χ2v) is 6.51. The summed E-state index contributed by atoms with van der Waals surface area (Å²) in [6.45, 7) is 3.44. The fourth-order valence-corrected chi connectivity index (χ4v) is 2.85. The van der Waals surface area contributed by atoms with Gasteiger partial charge in [0.15, 0.2) is 12.3 Å². The maximum Gasteiger partial charge on any atom is 0.279 e. The van der Waals surface area contributed by atoms with Crippen molar-refractivity contribution in [1.82, 2.24) is 0 Å². The smallest absolute Gasteiger partial charge is 0.279 e. The summed E-state index contributed by atoms with van der Waals surface area (Å²) in [5, 5.41) is 4.81. The normalized spacial score (nSPS) is 11.9. The maximum atomic E-state index is 13.6. The number of carbonyl (C=O) groups is 2. The van der Waals surface area contributed by atoms with Gasteiger partial charge < -0.3 is 10.6 Å². The second kappa shape index (κ2) is 8.43. The van der Waals surface area contributed by atoms with Crippen molar-refractivity contribution in [3.05, 3.63) is 63.4 Å². The van der Waals surface area contributed by atoms with Crippen molar-refractivity contribution in [2.24, 2.45) is 0 Å². The van der Waals surface area contributed by atoms with Gasteiger partial charge in [-0.3, -0.25) is 9.59 Å². The second-order valence-electron chi connectivity index (χ2n) is 5.70. The van der Waals surface area contributed by atoms with Crippen LogP contribution in [0.1, 0.15) is 35.8 Å². The van der Waals surface area contributed by atoms with E-state index in [2.05, 4.69) is 5.32 Å². The van der Waals surface area contributed by atoms with Crippen molar-refractivity contribution in [3.8, 4) is 0 Å². The molecule has 0 aliphatic heterocycles. The summed E-state index contributed by atoms with van der Waals surface area (Å²) in [5.41, 5.74) is 1.76. The average Bonchev–Trinajstić information content (AvgIpc) is 2.56. The van der Waals surface area contributed by atoms with Gasteiger partial charge in [0.1, 0.15) is 11.9 Å². The Kier molecular flexibility index (Phi) is 6.53. The molecule has 0 saturated carbocycles. The van der Waals surface area contributed by atoms with Crippen molar-refractivity contribution >= 4 is 40.6 Å². The van der Waals surface area contributed by atoms with Crippen LogP contribution in [0.5, 0.6) is 0 Å². The minimum absolute atomic E-state index is 0.0345. The van der Waals surface area contributed by atoms with Gasteiger partial charge in [-0.1, -0.05) is 23.2 Å². The van der Waals surface area contributed by atoms with Crippen LogP contribution >= 0.6 is 23.2 Å². The van der Waals surface area contributed by atoms with Crippen LogP contribution in [-0.2, 0) is 4.79 Å². The first-order valence-corrected chi connectivity index (χ1v) is 8.42. The Hall–Kier alpha value is -1.95. The molecule has 0 spiro atoms. The summed E-state index contributed by atoms with van der Waals surface area (Å²) < 4.78 is 13.6. The van der Waals surface area contributed by atoms with Gasteiger partial charge >= 0.3 is 0 Å². The Labute approximate surface area is 155 Å². The SMILES string of the molecule is CC(=O)c1ccc(NC(=O)C[NH2+][C@H](C)c2cc(F)c(Cl)cc2Cl)cc1. The number of benzene rings is 2. The molecular weight excluding hydrogens is 366 g/mol. The molecule has 2 aromatic carbocycles. The van der Waals surface area contributed by atoms with Gasteiger partial charge in [0.25, 0.3) is 5.91 Å². The van der Waals surface area contributed by atoms with E-state index in [4.69, 9.17) is 23.2 Å². The largest absolute Gasteiger partial charge is 0.332 e. The number of hydrogen-bond donors (Lipinski definition) is 2. The van der Waals surface area contributed by atoms with E-state index in [0.29, 0.717) is 21.8 Å². The van der Waals surface area contributed by atoms with Crippen LogP contribution < -0.4 is 10.6 Å². The molecule has 0 unspecified atom stereocenters. The third kappa shape index (κ3) is 5.26. The lowest BCUT2D eigenvalue weighted by Crippen LogP contribution is -2.86. The highest BCUT2D eigenvalue weighted by Gasteiger charge is 2.17. The molecule has 3 N–H and O–H groups in total. The van der Waals surface area contributed by atoms with Crippen molar-refractivity contribution in [3.63, 3.8) is 0 Å². The zero-order valence-corrected chi connectivity index (χ0v) is 15.3. The highest BCUT2D eigenvalue weighted by atomic mass is 35.5. The van der Waals surface area contributed by atoms with E-state index in [0.717, 1.165) is 0 Å². The molecule has 0 aliphatic carbocycles. The first-order valence-electron chi connectivity index (χ1n) is 7.66. The Morgan fingerprint density at radius 1 is 1.16 bits per heavy atom. The van der Waals surface area contributed by atoms with Gasteiger partial charge in [-0.15, -0.1) is 0 Å². The Balaban J connectivity index is 1.93. The van der Waals surface area contributed by atoms with Crippen LogP contribution in [0, 0.1) is 5.82 Å². The van der Waals surface area contributed by atoms with E-state index in [9.17, 15) is 14.0 Å². The van der Waals surface area contributed by atoms with Crippen molar-refractivity contribution in [1.29, 1.82) is 0 Å². The summed E-state index contributed by atoms with van der Waals surface area (Å²) >= 11 is 11.8. The number of hydrogen-bond acceptors (Lipinski definition) is 2. The summed E-state index contributed by atoms with van der Waals surface area (Å²) in [4.78, 5) is 23.3. The monoisotopic (exact) mass is 383 g/mol. The third-order valence-corrected chi connectivity index (χ3v) is 4.38. The minimum Gasteiger partial charge on any atom is -0.332 e. The van der Waals surface area contributed by atoms with Crippen molar-refractivity contribution in [2.45, 2.75) is 19.9 Å². The molecule has 0 fully saturated rings. The predicted molar refractivity (Wildman–Crippen MR) is 96.7 cm³/mol. The number of nitrogens with one attached hydrogen (secondary N) is 1. The first-order chi connectivity index (χ1) is 11.8. The van der Waals surface area contributed by atoms with Gasteiger partial charge in [-0.25, -0.2) is 4.39 Å². The third-order valence-electron chi connectivity index (χ3n) is 3.76. The van der Waals surface area contributed by atoms with Gasteiger partial charge in [-0.05, 0) is 50.2 Å². The van der Waals surface area contributed by atoms with Crippen LogP contribution in [-0.4, -0.2) is 18.2 Å². The molecule has 0 bridgehead atoms. The van der Waals surface area contributed by atoms with Crippen LogP contribution in [0.3, 0.4) is 0 Å². The molecule has 0 radical (unpaired) electrons. The number of anilines is 1. The van der Waals surface area contributed by atoms with Crippen LogP contribution in [0.4, 0.5) is 10.1 Å². The highest BCUT2D eigenvalue weighted by Crippen LogP contribution is 2.27. The number of nitrogens with two attached hydrogens (primary N) is 1. The minimum atomic E-state index is -0.545. The van der Waals surface area contributed by atoms with E-state index < -0.39 is 5.82 Å². The number of Topliss-reactive ketones (excluding diaryl/α,β-unsaturated/α-hetero) is 1. The molecule has 0 heterocycles. The van der Waals surface area contributed by atoms with Crippen LogP contribution in [0.25, 0.3) is 0 Å². The molecule has 0 saturated heterocycles. The molecule has 2 rings (SSSR count). The van der Waals surface area contributed by atoms with Gasteiger partial charge in [0.05, 0.1) is 10.0 Å². The molecule has 0 aromatic heterocycles. The van der Waals surface area contributed by atoms with Crippen LogP contribution in [0.2, 0.25) is 10.0 Å². The lowest BCUT2D eigenvalue weighted by molar-refractivity contribution is -0.682. The fourth-order valence-electron chi connectivity index (χ4n) is 2.30. The number of quaternary nitrogens is 1. The quantitative estimate of drug-likeness (QED) is 0.591. The standard InChI is InChI=1S/C18H17Cl2FN2O2/c1-10(14-7-17(21)16(20)8-15(14)19)22-9-18(25)23-13-5-3-12(4-6-13)11(2)24/h3-8,10,22H,9H2,1-2H3,(H,23,25)/p+1/t10-/m1/s1. The van der Waals surface area contributed by atoms with Gasteiger partial charge in [-0.2, -0.15) is 0 Å². The summed E-state index contributed by atoms with van der Waals surface area (Å²) in [6, 6.07) is 9.07. The van der Waals surface area contributed by atoms with Crippen LogP contribution in [0.15, 0.2) is 36.4 Å². The summed E-state index contributed by atoms with van der Waals surface area (Å²) in [5.74, 6) is -0.795. The van der Waals surface area contributed by atoms with Crippen molar-refractivity contribution < 1.29 is 19.3 Å². The fraction of sp³-hybridized carbons (Fsp3) is 0.222. The number of ketones is 1. The lowest BCUT2D eigenvalue weighted by atomic mass is 10.1. The number of amides is 1. The Bertz CT molecular complexity index is 794. The molecule has 2 aromatic rings. The number of rotatable bonds is 6. The molecule has 1 amide bonds. The molecule has 1 atom stereocenters. The topological polar surface area (TPSA) is 62.8 Å². The summed E-state index contributed by atoms with van der Waals surface area (Å²) in [6.07, 6.45) is 0. The zero-order valence-electron chi connectivity index (χ0n) is 13.8. The Morgan fingerprint density at radius 2 is 1.80 bits per heavy atom. The van der Waals surface area contributed by atoms with Crippen molar-refractivity contribution in [2.75, 3.05) is 11.9 Å². The first kappa shape index (κ1) is 19.4. The molecular formula is C18H18Cl2FN2O2+. The van der Waals surface area contributed by atoms with E-state index in [1.54, 1.807) is 29.6 Å². The summed E-state index contributed by atoms with van der Waals surface area (Å²) in [7, 11) is 0. The molecule has 0 aliphatic rings. The maximum absolute atomic E-state index is 13.6. The zero-order chi connectivity index (χ0) is 18.6. The molecule has 25 heavy (non-hydrogen) atoms. The van der Waals surface area contributed by atoms with E-state index >= 15 is 0 Å². The van der Waals surface area contributed by atoms with Gasteiger partial charge in [0.2, 0.25) is 0 Å². The van der Waals surface area contributed by atoms with E-state index in [-0.39, 0.29) is 29.3 Å². The average molecular weight is 384 g/mol. The number of carbonyl (C=O) groups excluding carboxylic acids is 2. The van der Waals surface area contributed by atoms with E-state index in [1.165, 1.54) is 19.1 Å². The highest BCUT2D eigenvalue weighted by molar-refractivity contribution is 6.35. The predicted octanol–water partition coefficient (Wildman–Crippen LogP) is 3.60. The Morgan fingerprint density at radius 3 is 2.40 bits per heavy atom. The molecule has 132 valence electrons.